The molecule has 0 saturated carbocycles. The first-order valence-electron chi connectivity index (χ1n) is 37.3. The number of rotatable bonds is 66. The van der Waals surface area contributed by atoms with Gasteiger partial charge in [0, 0.05) is 12.8 Å². The van der Waals surface area contributed by atoms with Gasteiger partial charge in [0.2, 0.25) is 0 Å². The van der Waals surface area contributed by atoms with E-state index in [9.17, 15) is 14.7 Å². The van der Waals surface area contributed by atoms with Gasteiger partial charge >= 0.3 is 11.9 Å². The standard InChI is InChI=1S/C87H136O5/c1-3-5-7-9-11-13-15-17-19-21-23-25-27-29-31-33-35-37-39-41-43-45-47-49-51-53-55-57-59-61-63-65-67-69-71-73-75-77-79-81-86(89)91-84-85(83-88)92-87(90)82-80-78-76-74-72-70-68-66-64-62-60-58-56-54-52-50-48-46-44-42-40-38-36-34-32-30-28-26-24-22-20-18-16-14-12-10-8-6-4-2/h5-8,11-14,17-20,23-26,29-32,35-38,41-44,47-50,54,56,60,62,85,88H,3-4,9-10,15-16,21-22,27-28,33-34,39-40,45-46,51-53,55,57-59,61,63-84H2,1-2H3/b7-5-,8-6-,13-11-,14-12-,19-17-,20-18-,25-23-,26-24-,31-29-,32-30-,37-35-,38-36-,43-41-,44-42-,49-47-,50-48-,56-54-,62-60-. The second-order valence-electron chi connectivity index (χ2n) is 23.9. The zero-order valence-corrected chi connectivity index (χ0v) is 59.0. The first-order valence-corrected chi connectivity index (χ1v) is 37.3. The van der Waals surface area contributed by atoms with Gasteiger partial charge in [0.05, 0.1) is 6.61 Å². The molecule has 1 unspecified atom stereocenters. The number of allylic oxidation sites excluding steroid dienone is 36. The summed E-state index contributed by atoms with van der Waals surface area (Å²) in [4.78, 5) is 24.7. The highest BCUT2D eigenvalue weighted by atomic mass is 16.6. The average molecular weight is 1260 g/mol. The van der Waals surface area contributed by atoms with Crippen molar-refractivity contribution in [3.8, 4) is 0 Å². The minimum Gasteiger partial charge on any atom is -0.462 e. The minimum absolute atomic E-state index is 0.0809. The lowest BCUT2D eigenvalue weighted by Gasteiger charge is -2.15. The Morgan fingerprint density at radius 2 is 0.435 bits per heavy atom. The molecular weight excluding hydrogens is 1120 g/mol. The number of aliphatic hydroxyl groups is 1. The predicted molar refractivity (Wildman–Crippen MR) is 407 cm³/mol. The first kappa shape index (κ1) is 86.2. The molecular formula is C87H136O5. The number of carbonyl (C=O) groups excluding carboxylic acids is 2. The highest BCUT2D eigenvalue weighted by Crippen LogP contribution is 2.16. The molecule has 514 valence electrons. The molecule has 0 bridgehead atoms. The van der Waals surface area contributed by atoms with E-state index in [4.69, 9.17) is 9.47 Å². The first-order chi connectivity index (χ1) is 45.6. The SMILES string of the molecule is CC/C=C\C/C=C\C/C=C\C/C=C\C/C=C\C/C=C\C/C=C\C/C=C\C/C=C\C/C=C\CCCCCCCCCCC(=O)OC(CO)COC(=O)CCCCCCCCCCCCCCCC/C=C\C/C=C\C/C=C\C/C=C\C/C=C\C/C=C\C/C=C\C/C=C\CC. The fourth-order valence-corrected chi connectivity index (χ4v) is 9.78. The van der Waals surface area contributed by atoms with Crippen LogP contribution in [0, 0.1) is 0 Å². The summed E-state index contributed by atoms with van der Waals surface area (Å²) < 4.78 is 10.8. The van der Waals surface area contributed by atoms with Crippen molar-refractivity contribution in [1.82, 2.24) is 0 Å². The van der Waals surface area contributed by atoms with Crippen LogP contribution >= 0.6 is 0 Å². The van der Waals surface area contributed by atoms with E-state index in [0.717, 1.165) is 161 Å². The molecule has 0 radical (unpaired) electrons. The van der Waals surface area contributed by atoms with Crippen LogP contribution in [0.25, 0.3) is 0 Å². The molecule has 0 fully saturated rings. The Kier molecular flexibility index (Phi) is 74.5. The molecule has 5 heteroatoms. The smallest absolute Gasteiger partial charge is 0.306 e. The number of unbranched alkanes of at least 4 members (excludes halogenated alkanes) is 22. The summed E-state index contributed by atoms with van der Waals surface area (Å²) >= 11 is 0. The lowest BCUT2D eigenvalue weighted by molar-refractivity contribution is -0.161. The molecule has 0 aromatic heterocycles. The van der Waals surface area contributed by atoms with E-state index in [1.807, 2.05) is 0 Å². The van der Waals surface area contributed by atoms with Gasteiger partial charge in [0.15, 0.2) is 6.10 Å². The van der Waals surface area contributed by atoms with Crippen LogP contribution in [-0.2, 0) is 19.1 Å². The van der Waals surface area contributed by atoms with Crippen LogP contribution in [0.15, 0.2) is 219 Å². The second kappa shape index (κ2) is 79.5. The lowest BCUT2D eigenvalue weighted by Crippen LogP contribution is -2.28. The summed E-state index contributed by atoms with van der Waals surface area (Å²) in [5.41, 5.74) is 0. The molecule has 0 aromatic rings. The summed E-state index contributed by atoms with van der Waals surface area (Å²) in [5.74, 6) is -0.609. The summed E-state index contributed by atoms with van der Waals surface area (Å²) in [7, 11) is 0. The number of aliphatic hydroxyl groups excluding tert-OH is 1. The van der Waals surface area contributed by atoms with Gasteiger partial charge in [-0.2, -0.15) is 0 Å². The van der Waals surface area contributed by atoms with Gasteiger partial charge in [-0.1, -0.05) is 348 Å². The molecule has 0 spiro atoms. The van der Waals surface area contributed by atoms with E-state index in [1.165, 1.54) is 109 Å². The van der Waals surface area contributed by atoms with Crippen molar-refractivity contribution >= 4 is 11.9 Å². The van der Waals surface area contributed by atoms with Gasteiger partial charge in [-0.25, -0.2) is 0 Å². The molecule has 0 aromatic carbocycles. The van der Waals surface area contributed by atoms with Crippen LogP contribution in [0.5, 0.6) is 0 Å². The van der Waals surface area contributed by atoms with E-state index in [2.05, 4.69) is 233 Å². The Morgan fingerprint density at radius 1 is 0.250 bits per heavy atom. The zero-order chi connectivity index (χ0) is 66.1. The topological polar surface area (TPSA) is 72.8 Å². The average Bonchev–Trinajstić information content (AvgIpc) is 3.75. The molecule has 0 rings (SSSR count). The van der Waals surface area contributed by atoms with Gasteiger partial charge in [-0.3, -0.25) is 9.59 Å². The molecule has 1 atom stereocenters. The fourth-order valence-electron chi connectivity index (χ4n) is 9.78. The molecule has 92 heavy (non-hydrogen) atoms. The zero-order valence-electron chi connectivity index (χ0n) is 59.0. The quantitative estimate of drug-likeness (QED) is 0.0373. The minimum atomic E-state index is -0.794. The number of esters is 2. The number of ether oxygens (including phenoxy) is 2. The maximum atomic E-state index is 12.4. The largest absolute Gasteiger partial charge is 0.462 e. The van der Waals surface area contributed by atoms with Crippen LogP contribution in [0.1, 0.15) is 296 Å². The molecule has 5 nitrogen and oxygen atoms in total. The van der Waals surface area contributed by atoms with Crippen molar-refractivity contribution in [1.29, 1.82) is 0 Å². The van der Waals surface area contributed by atoms with Crippen LogP contribution in [-0.4, -0.2) is 36.4 Å². The van der Waals surface area contributed by atoms with Crippen LogP contribution < -0.4 is 0 Å². The van der Waals surface area contributed by atoms with Crippen molar-refractivity contribution < 1.29 is 24.2 Å². The fraction of sp³-hybridized carbons (Fsp3) is 0.563. The number of carbonyl (C=O) groups is 2. The Balaban J connectivity index is 3.58. The van der Waals surface area contributed by atoms with Gasteiger partial charge in [0.1, 0.15) is 6.61 Å². The van der Waals surface area contributed by atoms with Gasteiger partial charge in [-0.15, -0.1) is 0 Å². The third-order valence-electron chi connectivity index (χ3n) is 15.3. The van der Waals surface area contributed by atoms with Crippen molar-refractivity contribution in [2.75, 3.05) is 13.2 Å². The van der Waals surface area contributed by atoms with E-state index < -0.39 is 6.10 Å². The molecule has 0 aliphatic heterocycles. The lowest BCUT2D eigenvalue weighted by atomic mass is 10.0. The highest BCUT2D eigenvalue weighted by molar-refractivity contribution is 5.70. The molecule has 0 aliphatic rings. The normalized spacial score (nSPS) is 13.6. The van der Waals surface area contributed by atoms with E-state index >= 15 is 0 Å². The van der Waals surface area contributed by atoms with Gasteiger partial charge < -0.3 is 14.6 Å². The Labute approximate surface area is 567 Å². The summed E-state index contributed by atoms with van der Waals surface area (Å²) in [5, 5.41) is 9.72. The Bertz CT molecular complexity index is 2170. The Hall–Kier alpha value is -5.78. The monoisotopic (exact) mass is 1260 g/mol. The molecule has 0 saturated heterocycles. The predicted octanol–water partition coefficient (Wildman–Crippen LogP) is 26.6. The highest BCUT2D eigenvalue weighted by Gasteiger charge is 2.16. The second-order valence-corrected chi connectivity index (χ2v) is 23.9. The third kappa shape index (κ3) is 76.7. The summed E-state index contributed by atoms with van der Waals surface area (Å²) in [6.45, 7) is 3.91. The molecule has 0 amide bonds. The van der Waals surface area contributed by atoms with Crippen molar-refractivity contribution in [3.05, 3.63) is 219 Å². The van der Waals surface area contributed by atoms with Crippen LogP contribution in [0.3, 0.4) is 0 Å². The third-order valence-corrected chi connectivity index (χ3v) is 15.3. The van der Waals surface area contributed by atoms with E-state index in [-0.39, 0.29) is 25.2 Å². The van der Waals surface area contributed by atoms with Crippen molar-refractivity contribution in [3.63, 3.8) is 0 Å². The maximum absolute atomic E-state index is 12.4. The van der Waals surface area contributed by atoms with Gasteiger partial charge in [-0.05, 0) is 154 Å². The van der Waals surface area contributed by atoms with Crippen molar-refractivity contribution in [2.24, 2.45) is 0 Å². The van der Waals surface area contributed by atoms with E-state index in [0.29, 0.717) is 12.8 Å². The van der Waals surface area contributed by atoms with Crippen molar-refractivity contribution in [2.45, 2.75) is 302 Å². The van der Waals surface area contributed by atoms with E-state index in [1.54, 1.807) is 0 Å². The number of hydrogen-bond acceptors (Lipinski definition) is 5. The summed E-state index contributed by atoms with van der Waals surface area (Å²) in [6.07, 6.45) is 128. The number of hydrogen-bond donors (Lipinski definition) is 1. The van der Waals surface area contributed by atoms with Crippen LogP contribution in [0.4, 0.5) is 0 Å². The molecule has 0 aliphatic carbocycles. The Morgan fingerprint density at radius 3 is 0.652 bits per heavy atom. The molecule has 0 heterocycles. The molecule has 1 N–H and O–H groups in total. The van der Waals surface area contributed by atoms with Gasteiger partial charge in [0.25, 0.3) is 0 Å². The summed E-state index contributed by atoms with van der Waals surface area (Å²) in [6, 6.07) is 0. The maximum Gasteiger partial charge on any atom is 0.306 e. The van der Waals surface area contributed by atoms with Crippen LogP contribution in [0.2, 0.25) is 0 Å².